The fourth-order valence-corrected chi connectivity index (χ4v) is 2.03. The summed E-state index contributed by atoms with van der Waals surface area (Å²) in [6.45, 7) is 1.84. The number of hydrogen-bond donors (Lipinski definition) is 0. The predicted octanol–water partition coefficient (Wildman–Crippen LogP) is 3.93. The molecule has 0 atom stereocenters. The van der Waals surface area contributed by atoms with Gasteiger partial charge in [-0.05, 0) is 37.3 Å². The van der Waals surface area contributed by atoms with Crippen molar-refractivity contribution < 1.29 is 4.79 Å². The predicted molar refractivity (Wildman–Crippen MR) is 68.9 cm³/mol. The molecule has 1 aromatic carbocycles. The van der Waals surface area contributed by atoms with Gasteiger partial charge in [-0.2, -0.15) is 0 Å². The van der Waals surface area contributed by atoms with Gasteiger partial charge in [0.05, 0.1) is 0 Å². The molecule has 0 unspecified atom stereocenters. The van der Waals surface area contributed by atoms with Crippen LogP contribution in [0.25, 0.3) is 0 Å². The Morgan fingerprint density at radius 3 is 2.35 bits per heavy atom. The molecule has 1 aromatic heterocycles. The summed E-state index contributed by atoms with van der Waals surface area (Å²) in [5.41, 5.74) is 1.63. The van der Waals surface area contributed by atoms with Crippen LogP contribution < -0.4 is 0 Å². The second kappa shape index (κ2) is 4.86. The highest BCUT2D eigenvalue weighted by molar-refractivity contribution is 6.35. The summed E-state index contributed by atoms with van der Waals surface area (Å²) < 4.78 is 0. The molecule has 0 aliphatic rings. The van der Waals surface area contributed by atoms with E-state index in [2.05, 4.69) is 4.98 Å². The van der Waals surface area contributed by atoms with Gasteiger partial charge in [0.15, 0.2) is 0 Å². The van der Waals surface area contributed by atoms with Crippen LogP contribution in [0, 0.1) is 6.92 Å². The molecule has 2 aromatic rings. The van der Waals surface area contributed by atoms with Crippen LogP contribution in [0.15, 0.2) is 36.4 Å². The maximum atomic E-state index is 12.1. The highest BCUT2D eigenvalue weighted by Gasteiger charge is 2.12. The van der Waals surface area contributed by atoms with Crippen molar-refractivity contribution >= 4 is 29.0 Å². The zero-order valence-electron chi connectivity index (χ0n) is 9.08. The van der Waals surface area contributed by atoms with Crippen LogP contribution in [0.3, 0.4) is 0 Å². The second-order valence-corrected chi connectivity index (χ2v) is 4.52. The zero-order chi connectivity index (χ0) is 12.4. The Hall–Kier alpha value is -1.38. The van der Waals surface area contributed by atoms with Gasteiger partial charge in [-0.3, -0.25) is 4.79 Å². The second-order valence-electron chi connectivity index (χ2n) is 3.65. The molecule has 1 heterocycles. The van der Waals surface area contributed by atoms with Crippen LogP contribution >= 0.6 is 23.2 Å². The molecular formula is C13H9Cl2NO. The third kappa shape index (κ3) is 2.84. The number of halogens is 2. The van der Waals surface area contributed by atoms with Crippen molar-refractivity contribution in [2.24, 2.45) is 0 Å². The molecule has 0 fully saturated rings. The lowest BCUT2D eigenvalue weighted by Gasteiger charge is -2.03. The van der Waals surface area contributed by atoms with Crippen molar-refractivity contribution in [2.75, 3.05) is 0 Å². The van der Waals surface area contributed by atoms with Crippen LogP contribution in [0.5, 0.6) is 0 Å². The lowest BCUT2D eigenvalue weighted by atomic mass is 10.1. The molecule has 0 radical (unpaired) electrons. The highest BCUT2D eigenvalue weighted by atomic mass is 35.5. The topological polar surface area (TPSA) is 30.0 Å². The Bertz CT molecular complexity index is 561. The van der Waals surface area contributed by atoms with E-state index in [9.17, 15) is 4.79 Å². The van der Waals surface area contributed by atoms with Crippen molar-refractivity contribution in [1.29, 1.82) is 0 Å². The summed E-state index contributed by atoms with van der Waals surface area (Å²) >= 11 is 11.7. The Morgan fingerprint density at radius 1 is 1.12 bits per heavy atom. The van der Waals surface area contributed by atoms with Gasteiger partial charge in [0.2, 0.25) is 5.78 Å². The smallest absolute Gasteiger partial charge is 0.211 e. The molecule has 0 spiro atoms. The van der Waals surface area contributed by atoms with E-state index < -0.39 is 0 Å². The minimum Gasteiger partial charge on any atom is -0.287 e. The van der Waals surface area contributed by atoms with Crippen molar-refractivity contribution in [3.8, 4) is 0 Å². The first-order chi connectivity index (χ1) is 8.06. The maximum absolute atomic E-state index is 12.1. The third-order valence-electron chi connectivity index (χ3n) is 2.25. The van der Waals surface area contributed by atoms with Crippen molar-refractivity contribution in [3.05, 3.63) is 63.4 Å². The van der Waals surface area contributed by atoms with Gasteiger partial charge in [0.1, 0.15) is 5.69 Å². The van der Waals surface area contributed by atoms with E-state index in [1.54, 1.807) is 30.3 Å². The highest BCUT2D eigenvalue weighted by Crippen LogP contribution is 2.20. The fraction of sp³-hybridized carbons (Fsp3) is 0.0769. The van der Waals surface area contributed by atoms with Crippen molar-refractivity contribution in [2.45, 2.75) is 6.92 Å². The first-order valence-electron chi connectivity index (χ1n) is 5.01. The Labute approximate surface area is 109 Å². The first-order valence-corrected chi connectivity index (χ1v) is 5.76. The van der Waals surface area contributed by atoms with Gasteiger partial charge in [0.25, 0.3) is 0 Å². The summed E-state index contributed by atoms with van der Waals surface area (Å²) in [6.07, 6.45) is 0. The van der Waals surface area contributed by atoms with E-state index in [4.69, 9.17) is 23.2 Å². The van der Waals surface area contributed by atoms with Gasteiger partial charge in [0, 0.05) is 21.3 Å². The SMILES string of the molecule is Cc1cccc(C(=O)c2cc(Cl)cc(Cl)c2)n1. The molecule has 0 aliphatic heterocycles. The largest absolute Gasteiger partial charge is 0.287 e. The summed E-state index contributed by atoms with van der Waals surface area (Å²) in [7, 11) is 0. The van der Waals surface area contributed by atoms with Crippen LogP contribution in [-0.2, 0) is 0 Å². The maximum Gasteiger partial charge on any atom is 0.211 e. The van der Waals surface area contributed by atoms with Crippen molar-refractivity contribution in [1.82, 2.24) is 4.98 Å². The number of benzene rings is 1. The Morgan fingerprint density at radius 2 is 1.76 bits per heavy atom. The fourth-order valence-electron chi connectivity index (χ4n) is 1.50. The summed E-state index contributed by atoms with van der Waals surface area (Å²) in [5.74, 6) is -0.182. The van der Waals surface area contributed by atoms with E-state index in [-0.39, 0.29) is 5.78 Å². The van der Waals surface area contributed by atoms with E-state index in [1.165, 1.54) is 0 Å². The number of aromatic nitrogens is 1. The van der Waals surface area contributed by atoms with Gasteiger partial charge in [-0.1, -0.05) is 29.3 Å². The normalized spacial score (nSPS) is 10.3. The lowest BCUT2D eigenvalue weighted by Crippen LogP contribution is -2.04. The number of carbonyl (C=O) groups is 1. The minimum absolute atomic E-state index is 0.182. The molecule has 0 saturated heterocycles. The number of ketones is 1. The molecule has 0 amide bonds. The molecule has 0 aliphatic carbocycles. The Kier molecular flexibility index (Phi) is 3.46. The molecular weight excluding hydrogens is 257 g/mol. The van der Waals surface area contributed by atoms with Crippen LogP contribution in [0.1, 0.15) is 21.7 Å². The number of hydrogen-bond acceptors (Lipinski definition) is 2. The summed E-state index contributed by atoms with van der Waals surface area (Å²) in [6, 6.07) is 10.1. The van der Waals surface area contributed by atoms with E-state index in [0.29, 0.717) is 21.3 Å². The van der Waals surface area contributed by atoms with Crippen LogP contribution in [0.4, 0.5) is 0 Å². The summed E-state index contributed by atoms with van der Waals surface area (Å²) in [4.78, 5) is 16.3. The van der Waals surface area contributed by atoms with Gasteiger partial charge in [-0.15, -0.1) is 0 Å². The third-order valence-corrected chi connectivity index (χ3v) is 2.68. The Balaban J connectivity index is 2.43. The molecule has 2 rings (SSSR count). The molecule has 2 nitrogen and oxygen atoms in total. The molecule has 17 heavy (non-hydrogen) atoms. The molecule has 86 valence electrons. The average molecular weight is 266 g/mol. The number of aryl methyl sites for hydroxylation is 1. The van der Waals surface area contributed by atoms with Crippen LogP contribution in [-0.4, -0.2) is 10.8 Å². The quantitative estimate of drug-likeness (QED) is 0.771. The zero-order valence-corrected chi connectivity index (χ0v) is 10.6. The average Bonchev–Trinajstić information content (AvgIpc) is 2.26. The molecule has 0 N–H and O–H groups in total. The van der Waals surface area contributed by atoms with E-state index >= 15 is 0 Å². The van der Waals surface area contributed by atoms with Crippen molar-refractivity contribution in [3.63, 3.8) is 0 Å². The number of carbonyl (C=O) groups excluding carboxylic acids is 1. The lowest BCUT2D eigenvalue weighted by molar-refractivity contribution is 0.103. The van der Waals surface area contributed by atoms with Crippen LogP contribution in [0.2, 0.25) is 10.0 Å². The molecule has 0 bridgehead atoms. The van der Waals surface area contributed by atoms with E-state index in [1.807, 2.05) is 13.0 Å². The first kappa shape index (κ1) is 12.1. The monoisotopic (exact) mass is 265 g/mol. The van der Waals surface area contributed by atoms with Gasteiger partial charge < -0.3 is 0 Å². The number of nitrogens with zero attached hydrogens (tertiary/aromatic N) is 1. The molecule has 4 heteroatoms. The number of rotatable bonds is 2. The standard InChI is InChI=1S/C13H9Cl2NO/c1-8-3-2-4-12(16-8)13(17)9-5-10(14)7-11(15)6-9/h2-7H,1H3. The minimum atomic E-state index is -0.182. The number of pyridine rings is 1. The van der Waals surface area contributed by atoms with Gasteiger partial charge in [-0.25, -0.2) is 4.98 Å². The van der Waals surface area contributed by atoms with E-state index in [0.717, 1.165) is 5.69 Å². The summed E-state index contributed by atoms with van der Waals surface area (Å²) in [5, 5.41) is 0.877. The van der Waals surface area contributed by atoms with Gasteiger partial charge >= 0.3 is 0 Å². The molecule has 0 saturated carbocycles.